The molecule has 0 unspecified atom stereocenters. The van der Waals surface area contributed by atoms with Crippen LogP contribution in [0.2, 0.25) is 0 Å². The first-order valence-corrected chi connectivity index (χ1v) is 9.28. The van der Waals surface area contributed by atoms with Crippen molar-refractivity contribution in [2.45, 2.75) is 27.2 Å². The van der Waals surface area contributed by atoms with Crippen molar-refractivity contribution in [3.8, 4) is 17.2 Å². The van der Waals surface area contributed by atoms with Crippen molar-refractivity contribution in [2.24, 2.45) is 0 Å². The number of carbonyl (C=O) groups is 2. The second-order valence-electron chi connectivity index (χ2n) is 5.76. The molecule has 150 valence electrons. The van der Waals surface area contributed by atoms with Gasteiger partial charge >= 0.3 is 0 Å². The third-order valence-corrected chi connectivity index (χ3v) is 3.66. The number of hydrogen-bond donors (Lipinski definition) is 2. The highest BCUT2D eigenvalue weighted by Crippen LogP contribution is 2.37. The van der Waals surface area contributed by atoms with Gasteiger partial charge in [-0.3, -0.25) is 9.59 Å². The molecule has 2 aromatic rings. The highest BCUT2D eigenvalue weighted by molar-refractivity contribution is 5.96. The van der Waals surface area contributed by atoms with Crippen LogP contribution in [0.4, 0.5) is 11.4 Å². The van der Waals surface area contributed by atoms with Crippen molar-refractivity contribution in [3.63, 3.8) is 0 Å². The van der Waals surface area contributed by atoms with Crippen LogP contribution < -0.4 is 24.8 Å². The maximum atomic E-state index is 12.3. The number of rotatable bonds is 10. The molecule has 0 fully saturated rings. The van der Waals surface area contributed by atoms with Crippen LogP contribution in [0.5, 0.6) is 17.2 Å². The average Bonchev–Trinajstić information content (AvgIpc) is 2.70. The summed E-state index contributed by atoms with van der Waals surface area (Å²) in [5.41, 5.74) is 0.942. The Morgan fingerprint density at radius 2 is 1.32 bits per heavy atom. The van der Waals surface area contributed by atoms with Crippen LogP contribution in [0.25, 0.3) is 0 Å². The molecule has 0 aliphatic carbocycles. The minimum absolute atomic E-state index is 0.142. The zero-order chi connectivity index (χ0) is 20.4. The number of hydrogen-bond acceptors (Lipinski definition) is 5. The summed E-state index contributed by atoms with van der Waals surface area (Å²) in [6.45, 7) is 6.11. The van der Waals surface area contributed by atoms with Gasteiger partial charge in [-0.2, -0.15) is 0 Å². The van der Waals surface area contributed by atoms with Gasteiger partial charge in [0.1, 0.15) is 17.2 Å². The standard InChI is InChI=1S/C21H26N2O5/c1-4-20(24)22-16-12-19(27-6-3)17(13-18(16)26-5-2)23-21(25)14-28-15-10-8-7-9-11-15/h7-13H,4-6,14H2,1-3H3,(H,22,24)(H,23,25). The molecule has 0 aliphatic heterocycles. The Hall–Kier alpha value is -3.22. The number of anilines is 2. The number of para-hydroxylation sites is 1. The summed E-state index contributed by atoms with van der Waals surface area (Å²) in [5.74, 6) is 1.02. The largest absolute Gasteiger partial charge is 0.492 e. The molecule has 0 heterocycles. The van der Waals surface area contributed by atoms with E-state index < -0.39 is 0 Å². The number of amides is 2. The Morgan fingerprint density at radius 3 is 1.82 bits per heavy atom. The third kappa shape index (κ3) is 6.19. The van der Waals surface area contributed by atoms with Gasteiger partial charge in [0.2, 0.25) is 5.91 Å². The molecular weight excluding hydrogens is 360 g/mol. The van der Waals surface area contributed by atoms with E-state index in [0.717, 1.165) is 0 Å². The van der Waals surface area contributed by atoms with Crippen LogP contribution in [-0.4, -0.2) is 31.6 Å². The van der Waals surface area contributed by atoms with Gasteiger partial charge in [-0.25, -0.2) is 0 Å². The summed E-state index contributed by atoms with van der Waals surface area (Å²) < 4.78 is 16.7. The van der Waals surface area contributed by atoms with E-state index >= 15 is 0 Å². The molecule has 0 spiro atoms. The summed E-state index contributed by atoms with van der Waals surface area (Å²) >= 11 is 0. The van der Waals surface area contributed by atoms with Crippen molar-refractivity contribution in [1.29, 1.82) is 0 Å². The second kappa shape index (κ2) is 10.8. The Balaban J connectivity index is 2.19. The zero-order valence-electron chi connectivity index (χ0n) is 16.4. The van der Waals surface area contributed by atoms with Gasteiger partial charge in [-0.15, -0.1) is 0 Å². The lowest BCUT2D eigenvalue weighted by molar-refractivity contribution is -0.118. The van der Waals surface area contributed by atoms with Crippen LogP contribution in [-0.2, 0) is 9.59 Å². The molecule has 0 atom stereocenters. The molecule has 28 heavy (non-hydrogen) atoms. The lowest BCUT2D eigenvalue weighted by Crippen LogP contribution is -2.21. The normalized spacial score (nSPS) is 10.1. The minimum Gasteiger partial charge on any atom is -0.492 e. The molecule has 0 saturated carbocycles. The van der Waals surface area contributed by atoms with Crippen molar-refractivity contribution in [2.75, 3.05) is 30.5 Å². The van der Waals surface area contributed by atoms with Gasteiger partial charge in [0.25, 0.3) is 5.91 Å². The van der Waals surface area contributed by atoms with E-state index in [4.69, 9.17) is 14.2 Å². The predicted octanol–water partition coefficient (Wildman–Crippen LogP) is 3.85. The Kier molecular flexibility index (Phi) is 8.14. The van der Waals surface area contributed by atoms with Gasteiger partial charge < -0.3 is 24.8 Å². The monoisotopic (exact) mass is 386 g/mol. The van der Waals surface area contributed by atoms with Crippen LogP contribution >= 0.6 is 0 Å². The molecule has 0 bridgehead atoms. The topological polar surface area (TPSA) is 85.9 Å². The number of benzene rings is 2. The van der Waals surface area contributed by atoms with E-state index in [1.54, 1.807) is 31.2 Å². The Bertz CT molecular complexity index is 793. The van der Waals surface area contributed by atoms with Gasteiger partial charge in [-0.1, -0.05) is 25.1 Å². The van der Waals surface area contributed by atoms with Gasteiger partial charge in [0.15, 0.2) is 6.61 Å². The molecule has 2 amide bonds. The van der Waals surface area contributed by atoms with E-state index in [1.165, 1.54) is 0 Å². The van der Waals surface area contributed by atoms with Crippen molar-refractivity contribution in [3.05, 3.63) is 42.5 Å². The molecular formula is C21H26N2O5. The van der Waals surface area contributed by atoms with Gasteiger partial charge in [0, 0.05) is 18.6 Å². The predicted molar refractivity (Wildman–Crippen MR) is 108 cm³/mol. The van der Waals surface area contributed by atoms with E-state index in [0.29, 0.717) is 48.3 Å². The van der Waals surface area contributed by atoms with Gasteiger partial charge in [0.05, 0.1) is 24.6 Å². The third-order valence-electron chi connectivity index (χ3n) is 3.66. The molecule has 0 aliphatic rings. The molecule has 7 nitrogen and oxygen atoms in total. The maximum absolute atomic E-state index is 12.3. The highest BCUT2D eigenvalue weighted by Gasteiger charge is 2.16. The van der Waals surface area contributed by atoms with Crippen LogP contribution in [0, 0.1) is 0 Å². The fraction of sp³-hybridized carbons (Fsp3) is 0.333. The second-order valence-corrected chi connectivity index (χ2v) is 5.76. The Morgan fingerprint density at radius 1 is 0.786 bits per heavy atom. The fourth-order valence-electron chi connectivity index (χ4n) is 2.40. The van der Waals surface area contributed by atoms with Crippen LogP contribution in [0.3, 0.4) is 0 Å². The molecule has 0 radical (unpaired) electrons. The van der Waals surface area contributed by atoms with Crippen molar-refractivity contribution in [1.82, 2.24) is 0 Å². The van der Waals surface area contributed by atoms with E-state index in [-0.39, 0.29) is 18.4 Å². The number of nitrogens with one attached hydrogen (secondary N) is 2. The van der Waals surface area contributed by atoms with Crippen molar-refractivity contribution >= 4 is 23.2 Å². The summed E-state index contributed by atoms with van der Waals surface area (Å²) in [6.07, 6.45) is 0.338. The molecule has 0 saturated heterocycles. The van der Waals surface area contributed by atoms with Crippen LogP contribution in [0.1, 0.15) is 27.2 Å². The summed E-state index contributed by atoms with van der Waals surface area (Å²) in [6, 6.07) is 12.4. The first-order chi connectivity index (χ1) is 13.6. The number of carbonyl (C=O) groups excluding carboxylic acids is 2. The van der Waals surface area contributed by atoms with Crippen LogP contribution in [0.15, 0.2) is 42.5 Å². The fourth-order valence-corrected chi connectivity index (χ4v) is 2.40. The molecule has 2 N–H and O–H groups in total. The summed E-state index contributed by atoms with van der Waals surface area (Å²) in [5, 5.41) is 5.57. The lowest BCUT2D eigenvalue weighted by atomic mass is 10.2. The Labute approximate surface area is 165 Å². The summed E-state index contributed by atoms with van der Waals surface area (Å²) in [4.78, 5) is 24.1. The quantitative estimate of drug-likeness (QED) is 0.648. The highest BCUT2D eigenvalue weighted by atomic mass is 16.5. The molecule has 0 aromatic heterocycles. The zero-order valence-corrected chi connectivity index (χ0v) is 16.4. The lowest BCUT2D eigenvalue weighted by Gasteiger charge is -2.17. The molecule has 7 heteroatoms. The minimum atomic E-state index is -0.336. The van der Waals surface area contributed by atoms with E-state index in [2.05, 4.69) is 10.6 Å². The van der Waals surface area contributed by atoms with Crippen molar-refractivity contribution < 1.29 is 23.8 Å². The van der Waals surface area contributed by atoms with Gasteiger partial charge in [-0.05, 0) is 26.0 Å². The van der Waals surface area contributed by atoms with E-state index in [1.807, 2.05) is 32.0 Å². The first-order valence-electron chi connectivity index (χ1n) is 9.28. The summed E-state index contributed by atoms with van der Waals surface area (Å²) in [7, 11) is 0. The molecule has 2 rings (SSSR count). The molecule has 2 aromatic carbocycles. The smallest absolute Gasteiger partial charge is 0.262 e. The SMILES string of the molecule is CCOc1cc(NC(=O)COc2ccccc2)c(OCC)cc1NC(=O)CC. The van der Waals surface area contributed by atoms with E-state index in [9.17, 15) is 9.59 Å². The number of ether oxygens (including phenoxy) is 3. The average molecular weight is 386 g/mol. The first kappa shape index (κ1) is 21.1. The maximum Gasteiger partial charge on any atom is 0.262 e.